The maximum absolute atomic E-state index is 13.2. The lowest BCUT2D eigenvalue weighted by molar-refractivity contribution is -0.141. The molecule has 140 valence electrons. The van der Waals surface area contributed by atoms with Crippen LogP contribution in [0.4, 0.5) is 5.69 Å². The predicted molar refractivity (Wildman–Crippen MR) is 102 cm³/mol. The topological polar surface area (TPSA) is 72.9 Å². The van der Waals surface area contributed by atoms with Gasteiger partial charge < -0.3 is 9.47 Å². The van der Waals surface area contributed by atoms with E-state index in [2.05, 4.69) is 0 Å². The van der Waals surface area contributed by atoms with Gasteiger partial charge in [0.1, 0.15) is 12.3 Å². The number of nitrogens with zero attached hydrogens (tertiary/aromatic N) is 1. The summed E-state index contributed by atoms with van der Waals surface area (Å²) in [7, 11) is -2.54. The fourth-order valence-corrected chi connectivity index (χ4v) is 4.16. The Kier molecular flexibility index (Phi) is 6.93. The van der Waals surface area contributed by atoms with Crippen LogP contribution in [0.3, 0.4) is 0 Å². The van der Waals surface area contributed by atoms with Crippen LogP contribution in [0.1, 0.15) is 6.92 Å². The van der Waals surface area contributed by atoms with Crippen molar-refractivity contribution in [2.45, 2.75) is 16.7 Å². The molecule has 0 fully saturated rings. The number of rotatable bonds is 8. The molecule has 2 aromatic carbocycles. The van der Waals surface area contributed by atoms with Crippen LogP contribution in [0.2, 0.25) is 0 Å². The molecule has 2 aromatic rings. The minimum atomic E-state index is -3.98. The molecule has 0 N–H and O–H groups in total. The van der Waals surface area contributed by atoms with E-state index >= 15 is 0 Å². The molecule has 0 bridgehead atoms. The summed E-state index contributed by atoms with van der Waals surface area (Å²) in [6, 6.07) is 13.1. The molecule has 0 amide bonds. The van der Waals surface area contributed by atoms with Crippen LogP contribution in [0, 0.1) is 0 Å². The van der Waals surface area contributed by atoms with Crippen molar-refractivity contribution in [3.8, 4) is 5.75 Å². The molecular formula is C18H21NO5S2. The molecule has 0 aromatic heterocycles. The minimum Gasteiger partial charge on any atom is -0.495 e. The largest absolute Gasteiger partial charge is 0.495 e. The standard InChI is InChI=1S/C18H21NO5S2/c1-4-24-18(20)13-19(16-7-5-6-8-17(16)23-2)26(21,22)15-11-9-14(25-3)10-12-15/h5-12H,4,13H2,1-3H3. The molecule has 8 heteroatoms. The number of hydrogen-bond donors (Lipinski definition) is 0. The first kappa shape index (κ1) is 20.1. The zero-order valence-electron chi connectivity index (χ0n) is 14.8. The van der Waals surface area contributed by atoms with Crippen LogP contribution >= 0.6 is 11.8 Å². The van der Waals surface area contributed by atoms with Crippen molar-refractivity contribution in [2.75, 3.05) is 30.8 Å². The Hall–Kier alpha value is -2.19. The fourth-order valence-electron chi connectivity index (χ4n) is 2.33. The highest BCUT2D eigenvalue weighted by Crippen LogP contribution is 2.32. The number of para-hydroxylation sites is 2. The lowest BCUT2D eigenvalue weighted by atomic mass is 10.3. The van der Waals surface area contributed by atoms with Crippen LogP contribution < -0.4 is 9.04 Å². The summed E-state index contributed by atoms with van der Waals surface area (Å²) < 4.78 is 37.6. The first-order valence-electron chi connectivity index (χ1n) is 7.89. The molecule has 0 atom stereocenters. The second-order valence-electron chi connectivity index (χ2n) is 5.16. The third-order valence-corrected chi connectivity index (χ3v) is 6.10. The van der Waals surface area contributed by atoms with Gasteiger partial charge >= 0.3 is 5.97 Å². The summed E-state index contributed by atoms with van der Waals surface area (Å²) in [4.78, 5) is 13.1. The Morgan fingerprint density at radius 1 is 1.12 bits per heavy atom. The first-order chi connectivity index (χ1) is 12.4. The normalized spacial score (nSPS) is 11.0. The summed E-state index contributed by atoms with van der Waals surface area (Å²) in [6.07, 6.45) is 1.91. The Morgan fingerprint density at radius 2 is 1.77 bits per heavy atom. The lowest BCUT2D eigenvalue weighted by Gasteiger charge is -2.25. The quantitative estimate of drug-likeness (QED) is 0.505. The Balaban J connectivity index is 2.52. The van der Waals surface area contributed by atoms with Gasteiger partial charge in [-0.15, -0.1) is 11.8 Å². The van der Waals surface area contributed by atoms with Crippen molar-refractivity contribution in [1.82, 2.24) is 0 Å². The molecule has 0 aliphatic carbocycles. The second kappa shape index (κ2) is 8.95. The van der Waals surface area contributed by atoms with Crippen LogP contribution in [0.25, 0.3) is 0 Å². The average molecular weight is 396 g/mol. The molecular weight excluding hydrogens is 374 g/mol. The van der Waals surface area contributed by atoms with E-state index in [1.807, 2.05) is 6.26 Å². The Labute approximate surface area is 158 Å². The molecule has 0 unspecified atom stereocenters. The van der Waals surface area contributed by atoms with Gasteiger partial charge in [0, 0.05) is 4.90 Å². The number of esters is 1. The van der Waals surface area contributed by atoms with Crippen LogP contribution in [-0.4, -0.2) is 40.9 Å². The van der Waals surface area contributed by atoms with E-state index in [4.69, 9.17) is 9.47 Å². The van der Waals surface area contributed by atoms with Gasteiger partial charge in [-0.1, -0.05) is 12.1 Å². The smallest absolute Gasteiger partial charge is 0.326 e. The molecule has 0 saturated carbocycles. The van der Waals surface area contributed by atoms with Crippen molar-refractivity contribution in [3.63, 3.8) is 0 Å². The van der Waals surface area contributed by atoms with Gasteiger partial charge in [0.15, 0.2) is 0 Å². The number of carbonyl (C=O) groups excluding carboxylic acids is 1. The Morgan fingerprint density at radius 3 is 2.35 bits per heavy atom. The summed E-state index contributed by atoms with van der Waals surface area (Å²) in [5, 5.41) is 0. The van der Waals surface area contributed by atoms with Gasteiger partial charge in [-0.2, -0.15) is 0 Å². The van der Waals surface area contributed by atoms with E-state index in [0.29, 0.717) is 5.75 Å². The number of carbonyl (C=O) groups is 1. The number of thioether (sulfide) groups is 1. The number of hydrogen-bond acceptors (Lipinski definition) is 6. The van der Waals surface area contributed by atoms with E-state index in [0.717, 1.165) is 9.20 Å². The maximum atomic E-state index is 13.2. The monoisotopic (exact) mass is 395 g/mol. The number of anilines is 1. The van der Waals surface area contributed by atoms with Crippen molar-refractivity contribution in [2.24, 2.45) is 0 Å². The summed E-state index contributed by atoms with van der Waals surface area (Å²) in [5.41, 5.74) is 0.275. The van der Waals surface area contributed by atoms with Crippen molar-refractivity contribution in [1.29, 1.82) is 0 Å². The molecule has 0 aliphatic heterocycles. The number of ether oxygens (including phenoxy) is 2. The van der Waals surface area contributed by atoms with Gasteiger partial charge in [0.25, 0.3) is 10.0 Å². The zero-order valence-corrected chi connectivity index (χ0v) is 16.5. The molecule has 0 heterocycles. The molecule has 0 aliphatic rings. The van der Waals surface area contributed by atoms with E-state index in [9.17, 15) is 13.2 Å². The molecule has 6 nitrogen and oxygen atoms in total. The van der Waals surface area contributed by atoms with Gasteiger partial charge in [0.05, 0.1) is 24.3 Å². The van der Waals surface area contributed by atoms with E-state index < -0.39 is 22.5 Å². The molecule has 0 radical (unpaired) electrons. The van der Waals surface area contributed by atoms with Gasteiger partial charge in [-0.05, 0) is 49.6 Å². The molecule has 0 saturated heterocycles. The number of benzene rings is 2. The maximum Gasteiger partial charge on any atom is 0.326 e. The fraction of sp³-hybridized carbons (Fsp3) is 0.278. The first-order valence-corrected chi connectivity index (χ1v) is 10.6. The summed E-state index contributed by atoms with van der Waals surface area (Å²) >= 11 is 1.51. The molecule has 2 rings (SSSR count). The van der Waals surface area contributed by atoms with E-state index in [1.165, 1.54) is 31.0 Å². The lowest BCUT2D eigenvalue weighted by Crippen LogP contribution is -2.36. The highest BCUT2D eigenvalue weighted by molar-refractivity contribution is 7.98. The van der Waals surface area contributed by atoms with Gasteiger partial charge in [-0.3, -0.25) is 9.10 Å². The summed E-state index contributed by atoms with van der Waals surface area (Å²) in [6.45, 7) is 1.39. The SMILES string of the molecule is CCOC(=O)CN(c1ccccc1OC)S(=O)(=O)c1ccc(SC)cc1. The molecule has 26 heavy (non-hydrogen) atoms. The van der Waals surface area contributed by atoms with Gasteiger partial charge in [-0.25, -0.2) is 8.42 Å². The number of methoxy groups -OCH3 is 1. The van der Waals surface area contributed by atoms with Crippen molar-refractivity contribution >= 4 is 33.4 Å². The van der Waals surface area contributed by atoms with E-state index in [1.54, 1.807) is 43.3 Å². The highest BCUT2D eigenvalue weighted by Gasteiger charge is 2.29. The van der Waals surface area contributed by atoms with Crippen molar-refractivity contribution < 1.29 is 22.7 Å². The highest BCUT2D eigenvalue weighted by atomic mass is 32.2. The number of sulfonamides is 1. The zero-order chi connectivity index (χ0) is 19.2. The third kappa shape index (κ3) is 4.50. The summed E-state index contributed by atoms with van der Waals surface area (Å²) in [5.74, 6) is -0.288. The van der Waals surface area contributed by atoms with Crippen molar-refractivity contribution in [3.05, 3.63) is 48.5 Å². The van der Waals surface area contributed by atoms with Crippen LogP contribution in [0.5, 0.6) is 5.75 Å². The van der Waals surface area contributed by atoms with Gasteiger partial charge in [0.2, 0.25) is 0 Å². The van der Waals surface area contributed by atoms with E-state index in [-0.39, 0.29) is 17.2 Å². The van der Waals surface area contributed by atoms with Crippen LogP contribution in [0.15, 0.2) is 58.3 Å². The Bertz CT molecular complexity index is 850. The molecule has 0 spiro atoms. The van der Waals surface area contributed by atoms with Crippen LogP contribution in [-0.2, 0) is 19.6 Å². The average Bonchev–Trinajstić information content (AvgIpc) is 2.66. The second-order valence-corrected chi connectivity index (χ2v) is 7.91. The minimum absolute atomic E-state index is 0.0884. The third-order valence-electron chi connectivity index (χ3n) is 3.58. The predicted octanol–water partition coefficient (Wildman–Crippen LogP) is 3.18.